The van der Waals surface area contributed by atoms with Crippen LogP contribution in [0.1, 0.15) is 27.5 Å². The van der Waals surface area contributed by atoms with Crippen LogP contribution in [-0.2, 0) is 0 Å². The van der Waals surface area contributed by atoms with Crippen molar-refractivity contribution in [2.75, 3.05) is 31.1 Å². The van der Waals surface area contributed by atoms with Crippen LogP contribution in [0, 0.1) is 0 Å². The largest absolute Gasteiger partial charge is 0.478 e. The minimum Gasteiger partial charge on any atom is -0.478 e. The molecular formula is C26H23ClN4O4. The predicted octanol–water partition coefficient (Wildman–Crippen LogP) is 3.90. The van der Waals surface area contributed by atoms with Gasteiger partial charge in [0.2, 0.25) is 5.95 Å². The fourth-order valence-corrected chi connectivity index (χ4v) is 4.70. The summed E-state index contributed by atoms with van der Waals surface area (Å²) in [5, 5.41) is 20.7. The van der Waals surface area contributed by atoms with Crippen LogP contribution in [0.25, 0.3) is 10.9 Å². The van der Waals surface area contributed by atoms with Crippen LogP contribution in [0.15, 0.2) is 77.6 Å². The number of anilines is 1. The third-order valence-electron chi connectivity index (χ3n) is 6.34. The summed E-state index contributed by atoms with van der Waals surface area (Å²) in [7, 11) is 0. The Morgan fingerprint density at radius 3 is 2.23 bits per heavy atom. The highest BCUT2D eigenvalue weighted by Gasteiger charge is 2.28. The summed E-state index contributed by atoms with van der Waals surface area (Å²) >= 11 is 6.12. The topological polar surface area (TPSA) is 98.9 Å². The molecule has 0 bridgehead atoms. The lowest BCUT2D eigenvalue weighted by Crippen LogP contribution is -2.49. The summed E-state index contributed by atoms with van der Waals surface area (Å²) in [6.45, 7) is 2.36. The maximum absolute atomic E-state index is 12.7. The van der Waals surface area contributed by atoms with Gasteiger partial charge in [-0.1, -0.05) is 54.1 Å². The number of hydrogen-bond donors (Lipinski definition) is 2. The first-order valence-electron chi connectivity index (χ1n) is 11.2. The van der Waals surface area contributed by atoms with Gasteiger partial charge >= 0.3 is 5.97 Å². The van der Waals surface area contributed by atoms with Gasteiger partial charge in [-0.25, -0.2) is 9.78 Å². The zero-order chi connectivity index (χ0) is 24.5. The summed E-state index contributed by atoms with van der Waals surface area (Å²) in [6, 6.07) is 22.1. The molecule has 0 aliphatic carbocycles. The molecule has 0 spiro atoms. The Morgan fingerprint density at radius 2 is 1.57 bits per heavy atom. The van der Waals surface area contributed by atoms with Crippen LogP contribution >= 0.6 is 11.6 Å². The molecule has 2 heterocycles. The van der Waals surface area contributed by atoms with E-state index in [1.54, 1.807) is 0 Å². The second-order valence-electron chi connectivity index (χ2n) is 8.45. The van der Waals surface area contributed by atoms with E-state index in [9.17, 15) is 19.9 Å². The second kappa shape index (κ2) is 9.40. The normalized spacial score (nSPS) is 15.3. The smallest absolute Gasteiger partial charge is 0.335 e. The molecule has 9 heteroatoms. The fourth-order valence-electron chi connectivity index (χ4n) is 4.58. The van der Waals surface area contributed by atoms with Gasteiger partial charge in [-0.15, -0.1) is 4.73 Å². The van der Waals surface area contributed by atoms with Crippen molar-refractivity contribution in [3.63, 3.8) is 0 Å². The molecule has 1 aliphatic rings. The number of fused-ring (bicyclic) bond motifs is 1. The molecule has 1 unspecified atom stereocenters. The molecule has 0 radical (unpaired) electrons. The van der Waals surface area contributed by atoms with Gasteiger partial charge in [-0.2, -0.15) is 0 Å². The number of halogens is 1. The van der Waals surface area contributed by atoms with Crippen LogP contribution in [0.4, 0.5) is 5.95 Å². The van der Waals surface area contributed by atoms with Crippen molar-refractivity contribution in [2.45, 2.75) is 6.04 Å². The van der Waals surface area contributed by atoms with Gasteiger partial charge in [0.1, 0.15) is 0 Å². The molecule has 0 saturated carbocycles. The fraction of sp³-hybridized carbons (Fsp3) is 0.192. The zero-order valence-electron chi connectivity index (χ0n) is 18.7. The number of hydrogen-bond acceptors (Lipinski definition) is 6. The maximum Gasteiger partial charge on any atom is 0.335 e. The molecule has 3 aromatic carbocycles. The molecule has 0 amide bonds. The van der Waals surface area contributed by atoms with Crippen molar-refractivity contribution in [3.05, 3.63) is 105 Å². The predicted molar refractivity (Wildman–Crippen MR) is 134 cm³/mol. The van der Waals surface area contributed by atoms with Crippen molar-refractivity contribution in [2.24, 2.45) is 0 Å². The summed E-state index contributed by atoms with van der Waals surface area (Å²) < 4.78 is 0.548. The van der Waals surface area contributed by atoms with E-state index in [2.05, 4.69) is 22.0 Å². The lowest BCUT2D eigenvalue weighted by Gasteiger charge is -2.40. The van der Waals surface area contributed by atoms with Crippen molar-refractivity contribution in [1.29, 1.82) is 0 Å². The van der Waals surface area contributed by atoms with E-state index < -0.39 is 11.5 Å². The second-order valence-corrected chi connectivity index (χ2v) is 8.89. The average molecular weight is 491 g/mol. The SMILES string of the molecule is O=C(O)c1ccc2c(=O)n(O)c(N3CCN(C(c4ccccc4)c4ccc(Cl)cc4)CC3)nc2c1. The van der Waals surface area contributed by atoms with Crippen LogP contribution in [-0.4, -0.2) is 57.1 Å². The van der Waals surface area contributed by atoms with Gasteiger partial charge in [-0.05, 0) is 41.5 Å². The number of nitrogens with zero attached hydrogens (tertiary/aromatic N) is 4. The Kier molecular flexibility index (Phi) is 6.15. The van der Waals surface area contributed by atoms with E-state index in [0.29, 0.717) is 35.9 Å². The number of carbonyl (C=O) groups is 1. The first-order valence-corrected chi connectivity index (χ1v) is 11.6. The number of aromatic carboxylic acids is 1. The van der Waals surface area contributed by atoms with E-state index in [1.165, 1.54) is 18.2 Å². The number of carboxylic acids is 1. The van der Waals surface area contributed by atoms with Gasteiger partial charge in [0.15, 0.2) is 0 Å². The number of carboxylic acid groups (broad SMARTS) is 1. The minimum absolute atomic E-state index is 0.0228. The lowest BCUT2D eigenvalue weighted by atomic mass is 9.96. The van der Waals surface area contributed by atoms with Gasteiger partial charge in [-0.3, -0.25) is 9.69 Å². The molecule has 178 valence electrons. The first kappa shape index (κ1) is 22.9. The van der Waals surface area contributed by atoms with Gasteiger partial charge < -0.3 is 15.2 Å². The Bertz CT molecular complexity index is 1430. The number of aromatic nitrogens is 2. The molecule has 5 rings (SSSR count). The van der Waals surface area contributed by atoms with Crippen LogP contribution in [0.5, 0.6) is 0 Å². The summed E-state index contributed by atoms with van der Waals surface area (Å²) in [6.07, 6.45) is 0. The highest BCUT2D eigenvalue weighted by atomic mass is 35.5. The summed E-state index contributed by atoms with van der Waals surface area (Å²) in [5.74, 6) is -1.00. The molecule has 8 nitrogen and oxygen atoms in total. The quantitative estimate of drug-likeness (QED) is 0.409. The Hall–Kier alpha value is -3.88. The Balaban J connectivity index is 1.44. The molecule has 1 saturated heterocycles. The number of piperazine rings is 1. The minimum atomic E-state index is -1.11. The third kappa shape index (κ3) is 4.45. The Morgan fingerprint density at radius 1 is 0.914 bits per heavy atom. The zero-order valence-corrected chi connectivity index (χ0v) is 19.5. The molecule has 1 aromatic heterocycles. The van der Waals surface area contributed by atoms with Crippen molar-refractivity contribution >= 4 is 34.4 Å². The van der Waals surface area contributed by atoms with Crippen LogP contribution in [0.2, 0.25) is 5.02 Å². The average Bonchev–Trinajstić information content (AvgIpc) is 2.88. The summed E-state index contributed by atoms with van der Waals surface area (Å²) in [5.41, 5.74) is 1.92. The molecule has 4 aromatic rings. The van der Waals surface area contributed by atoms with Gasteiger partial charge in [0.05, 0.1) is 22.5 Å². The maximum atomic E-state index is 12.7. The van der Waals surface area contributed by atoms with E-state index in [1.807, 2.05) is 47.4 Å². The van der Waals surface area contributed by atoms with Gasteiger partial charge in [0, 0.05) is 31.2 Å². The Labute approximate surface area is 206 Å². The van der Waals surface area contributed by atoms with Gasteiger partial charge in [0.25, 0.3) is 5.56 Å². The summed E-state index contributed by atoms with van der Waals surface area (Å²) in [4.78, 5) is 32.7. The standard InChI is InChI=1S/C26H23ClN4O4/c27-20-9-6-18(7-10-20)23(17-4-2-1-3-5-17)29-12-14-30(15-13-29)26-28-22-16-19(25(33)34)8-11-21(22)24(32)31(26)35/h1-11,16,23,35H,12-15H2,(H,33,34). The molecule has 35 heavy (non-hydrogen) atoms. The highest BCUT2D eigenvalue weighted by molar-refractivity contribution is 6.30. The van der Waals surface area contributed by atoms with Crippen molar-refractivity contribution in [1.82, 2.24) is 14.6 Å². The van der Waals surface area contributed by atoms with Crippen LogP contribution < -0.4 is 10.5 Å². The monoisotopic (exact) mass is 490 g/mol. The number of rotatable bonds is 5. The molecule has 1 atom stereocenters. The molecule has 2 N–H and O–H groups in total. The van der Waals surface area contributed by atoms with Crippen molar-refractivity contribution < 1.29 is 15.1 Å². The van der Waals surface area contributed by atoms with E-state index >= 15 is 0 Å². The molecule has 1 aliphatic heterocycles. The molecular weight excluding hydrogens is 468 g/mol. The lowest BCUT2D eigenvalue weighted by molar-refractivity contribution is 0.0697. The first-order chi connectivity index (χ1) is 16.9. The van der Waals surface area contributed by atoms with E-state index in [0.717, 1.165) is 11.1 Å². The van der Waals surface area contributed by atoms with E-state index in [-0.39, 0.29) is 28.5 Å². The van der Waals surface area contributed by atoms with Crippen LogP contribution in [0.3, 0.4) is 0 Å². The van der Waals surface area contributed by atoms with Crippen molar-refractivity contribution in [3.8, 4) is 0 Å². The molecule has 1 fully saturated rings. The number of benzene rings is 3. The highest BCUT2D eigenvalue weighted by Crippen LogP contribution is 2.31. The van der Waals surface area contributed by atoms with E-state index in [4.69, 9.17) is 11.6 Å². The third-order valence-corrected chi connectivity index (χ3v) is 6.59.